The molecule has 2 heterocycles. The lowest BCUT2D eigenvalue weighted by molar-refractivity contribution is -0.133. The van der Waals surface area contributed by atoms with Gasteiger partial charge in [0.05, 0.1) is 6.04 Å². The van der Waals surface area contributed by atoms with Crippen LogP contribution in [-0.2, 0) is 4.79 Å². The van der Waals surface area contributed by atoms with Gasteiger partial charge in [0.25, 0.3) is 5.91 Å². The van der Waals surface area contributed by atoms with Gasteiger partial charge in [-0.1, -0.05) is 67.4 Å². The number of fused-ring (bicyclic) bond motifs is 1. The van der Waals surface area contributed by atoms with Crippen molar-refractivity contribution in [1.82, 2.24) is 20.4 Å². The molecule has 2 aliphatic heterocycles. The first-order valence-corrected chi connectivity index (χ1v) is 15.1. The van der Waals surface area contributed by atoms with Gasteiger partial charge in [-0.15, -0.1) is 0 Å². The van der Waals surface area contributed by atoms with E-state index in [9.17, 15) is 9.59 Å². The summed E-state index contributed by atoms with van der Waals surface area (Å²) in [6.07, 6.45) is 5.34. The van der Waals surface area contributed by atoms with E-state index in [1.807, 2.05) is 71.6 Å². The molecule has 0 bridgehead atoms. The van der Waals surface area contributed by atoms with Crippen LogP contribution in [0.5, 0.6) is 0 Å². The maximum Gasteiger partial charge on any atom is 0.251 e. The van der Waals surface area contributed by atoms with Crippen molar-refractivity contribution >= 4 is 34.2 Å². The highest BCUT2D eigenvalue weighted by Crippen LogP contribution is 2.22. The molecule has 3 aromatic carbocycles. The summed E-state index contributed by atoms with van der Waals surface area (Å²) in [5.74, 6) is 0.288. The van der Waals surface area contributed by atoms with Crippen LogP contribution in [0, 0.1) is 0 Å². The average molecular weight is 561 g/mol. The molecule has 0 spiro atoms. The van der Waals surface area contributed by atoms with Crippen molar-refractivity contribution < 1.29 is 9.59 Å². The number of nitrogens with zero attached hydrogens (tertiary/aromatic N) is 2. The number of carbonyl (C=O) groups is 2. The summed E-state index contributed by atoms with van der Waals surface area (Å²) >= 11 is 6.10. The van der Waals surface area contributed by atoms with Gasteiger partial charge in [-0.25, -0.2) is 0 Å². The Hall–Kier alpha value is -2.93. The molecule has 2 amide bonds. The number of hydrogen-bond donors (Lipinski definition) is 2. The van der Waals surface area contributed by atoms with Crippen LogP contribution in [0.15, 0.2) is 66.7 Å². The molecule has 2 N–H and O–H groups in total. The Morgan fingerprint density at radius 1 is 1.00 bits per heavy atom. The molecule has 40 heavy (non-hydrogen) atoms. The number of carbonyl (C=O) groups excluding carboxylic acids is 2. The minimum Gasteiger partial charge on any atom is -0.350 e. The predicted octanol–water partition coefficient (Wildman–Crippen LogP) is 5.46. The number of likely N-dealkylation sites (tertiary alicyclic amines) is 1. The molecule has 1 unspecified atom stereocenters. The lowest BCUT2D eigenvalue weighted by Crippen LogP contribution is -2.50. The minimum atomic E-state index is -0.260. The van der Waals surface area contributed by atoms with Crippen molar-refractivity contribution in [3.8, 4) is 0 Å². The van der Waals surface area contributed by atoms with E-state index in [4.69, 9.17) is 11.6 Å². The molecule has 212 valence electrons. The SMILES string of the molecule is CC(CN1CC[C@@H](CNC(=O)c2ccc3ccccc3c2)N[C@@H](CCN2CCCCC2)C1=O)c1ccc(Cl)cc1. The molecule has 0 saturated carbocycles. The van der Waals surface area contributed by atoms with Crippen molar-refractivity contribution in [2.75, 3.05) is 39.3 Å². The first-order chi connectivity index (χ1) is 19.5. The number of rotatable bonds is 9. The fourth-order valence-electron chi connectivity index (χ4n) is 6.00. The summed E-state index contributed by atoms with van der Waals surface area (Å²) < 4.78 is 0. The van der Waals surface area contributed by atoms with Crippen LogP contribution < -0.4 is 10.6 Å². The molecule has 0 aliphatic carbocycles. The van der Waals surface area contributed by atoms with E-state index >= 15 is 0 Å². The Labute approximate surface area is 243 Å². The molecule has 2 fully saturated rings. The van der Waals surface area contributed by atoms with Crippen LogP contribution in [0.2, 0.25) is 5.02 Å². The van der Waals surface area contributed by atoms with Crippen molar-refractivity contribution in [1.29, 1.82) is 0 Å². The Bertz CT molecular complexity index is 1290. The van der Waals surface area contributed by atoms with Crippen LogP contribution in [-0.4, -0.2) is 73.0 Å². The fourth-order valence-corrected chi connectivity index (χ4v) is 6.13. The van der Waals surface area contributed by atoms with Gasteiger partial charge in [0.1, 0.15) is 0 Å². The number of hydrogen-bond acceptors (Lipinski definition) is 4. The Morgan fingerprint density at radius 3 is 2.52 bits per heavy atom. The number of halogens is 1. The highest BCUT2D eigenvalue weighted by molar-refractivity contribution is 6.30. The molecule has 6 nitrogen and oxygen atoms in total. The zero-order valence-corrected chi connectivity index (χ0v) is 24.2. The van der Waals surface area contributed by atoms with E-state index in [2.05, 4.69) is 22.5 Å². The number of amides is 2. The summed E-state index contributed by atoms with van der Waals surface area (Å²) in [7, 11) is 0. The van der Waals surface area contributed by atoms with Crippen LogP contribution in [0.1, 0.15) is 60.9 Å². The summed E-state index contributed by atoms with van der Waals surface area (Å²) in [6, 6.07) is 21.6. The van der Waals surface area contributed by atoms with E-state index in [0.717, 1.165) is 48.3 Å². The van der Waals surface area contributed by atoms with Gasteiger partial charge in [0, 0.05) is 42.8 Å². The molecule has 5 rings (SSSR count). The molecule has 0 radical (unpaired) electrons. The second-order valence-electron chi connectivity index (χ2n) is 11.4. The van der Waals surface area contributed by atoms with Crippen molar-refractivity contribution in [3.05, 3.63) is 82.9 Å². The Balaban J connectivity index is 1.24. The van der Waals surface area contributed by atoms with Crippen LogP contribution in [0.3, 0.4) is 0 Å². The van der Waals surface area contributed by atoms with Gasteiger partial charge in [-0.05, 0) is 85.3 Å². The molecule has 7 heteroatoms. The molecular formula is C33H41ClN4O2. The third kappa shape index (κ3) is 7.42. The van der Waals surface area contributed by atoms with Crippen molar-refractivity contribution in [2.45, 2.75) is 57.0 Å². The highest BCUT2D eigenvalue weighted by atomic mass is 35.5. The van der Waals surface area contributed by atoms with Crippen LogP contribution in [0.4, 0.5) is 0 Å². The van der Waals surface area contributed by atoms with Crippen molar-refractivity contribution in [3.63, 3.8) is 0 Å². The molecule has 2 aliphatic rings. The molecule has 3 atom stereocenters. The van der Waals surface area contributed by atoms with Crippen LogP contribution in [0.25, 0.3) is 10.8 Å². The third-order valence-corrected chi connectivity index (χ3v) is 8.68. The smallest absolute Gasteiger partial charge is 0.251 e. The largest absolute Gasteiger partial charge is 0.350 e. The first-order valence-electron chi connectivity index (χ1n) is 14.8. The van der Waals surface area contributed by atoms with E-state index < -0.39 is 0 Å². The van der Waals surface area contributed by atoms with Crippen LogP contribution >= 0.6 is 11.6 Å². The lowest BCUT2D eigenvalue weighted by atomic mass is 10.00. The normalized spacial score (nSPS) is 21.2. The topological polar surface area (TPSA) is 64.7 Å². The summed E-state index contributed by atoms with van der Waals surface area (Å²) in [4.78, 5) is 31.4. The summed E-state index contributed by atoms with van der Waals surface area (Å²) in [5, 5.41) is 9.67. The van der Waals surface area contributed by atoms with E-state index in [-0.39, 0.29) is 29.8 Å². The zero-order chi connectivity index (χ0) is 27.9. The highest BCUT2D eigenvalue weighted by Gasteiger charge is 2.32. The summed E-state index contributed by atoms with van der Waals surface area (Å²) in [5.41, 5.74) is 1.84. The minimum absolute atomic E-state index is 0.0237. The number of benzene rings is 3. The second kappa shape index (κ2) is 13.6. The molecular weight excluding hydrogens is 520 g/mol. The molecule has 2 saturated heterocycles. The van der Waals surface area contributed by atoms with Gasteiger partial charge >= 0.3 is 0 Å². The van der Waals surface area contributed by atoms with E-state index in [0.29, 0.717) is 25.2 Å². The number of piperidine rings is 1. The first kappa shape index (κ1) is 28.6. The lowest BCUT2D eigenvalue weighted by Gasteiger charge is -2.30. The Kier molecular flexibility index (Phi) is 9.74. The van der Waals surface area contributed by atoms with Gasteiger partial charge < -0.3 is 20.4 Å². The summed E-state index contributed by atoms with van der Waals surface area (Å²) in [6.45, 7) is 7.13. The number of nitrogens with one attached hydrogen (secondary N) is 2. The third-order valence-electron chi connectivity index (χ3n) is 8.43. The van der Waals surface area contributed by atoms with E-state index in [1.54, 1.807) is 0 Å². The van der Waals surface area contributed by atoms with Gasteiger partial charge in [-0.3, -0.25) is 9.59 Å². The van der Waals surface area contributed by atoms with Crippen molar-refractivity contribution in [2.24, 2.45) is 0 Å². The monoisotopic (exact) mass is 560 g/mol. The van der Waals surface area contributed by atoms with Gasteiger partial charge in [0.2, 0.25) is 5.91 Å². The average Bonchev–Trinajstić information content (AvgIpc) is 3.13. The standard InChI is InChI=1S/C33H41ClN4O2/c1-24(25-11-13-29(34)14-12-25)23-38-20-15-30(36-31(33(38)40)16-19-37-17-5-2-6-18-37)22-35-32(39)28-10-9-26-7-3-4-8-27(26)21-28/h3-4,7-14,21,24,30-31,36H,2,5-6,15-20,22-23H2,1H3,(H,35,39)/t24?,30-,31-/m0/s1. The quantitative estimate of drug-likeness (QED) is 0.365. The van der Waals surface area contributed by atoms with E-state index in [1.165, 1.54) is 24.8 Å². The Morgan fingerprint density at radius 2 is 1.75 bits per heavy atom. The van der Waals surface area contributed by atoms with Gasteiger partial charge in [0.15, 0.2) is 0 Å². The molecule has 0 aromatic heterocycles. The maximum absolute atomic E-state index is 13.8. The van der Waals surface area contributed by atoms with Gasteiger partial charge in [-0.2, -0.15) is 0 Å². The maximum atomic E-state index is 13.8. The molecule has 3 aromatic rings. The predicted molar refractivity (Wildman–Crippen MR) is 163 cm³/mol. The fraction of sp³-hybridized carbons (Fsp3) is 0.455. The zero-order valence-electron chi connectivity index (χ0n) is 23.4. The second-order valence-corrected chi connectivity index (χ2v) is 11.8.